The molecule has 1 heterocycles. The fourth-order valence-corrected chi connectivity index (χ4v) is 3.37. The molecule has 0 atom stereocenters. The number of methoxy groups -OCH3 is 1. The molecule has 0 bridgehead atoms. The molecule has 35 heavy (non-hydrogen) atoms. The second kappa shape index (κ2) is 13.1. The van der Waals surface area contributed by atoms with Crippen molar-refractivity contribution in [3.8, 4) is 28.8 Å². The van der Waals surface area contributed by atoms with Crippen LogP contribution in [0.15, 0.2) is 66.4 Å². The Hall–Kier alpha value is -3.89. The summed E-state index contributed by atoms with van der Waals surface area (Å²) in [6.45, 7) is 5.97. The molecule has 0 spiro atoms. The van der Waals surface area contributed by atoms with Crippen molar-refractivity contribution < 1.29 is 14.3 Å². The first-order valence-electron chi connectivity index (χ1n) is 11.8. The van der Waals surface area contributed by atoms with Gasteiger partial charge >= 0.3 is 0 Å². The van der Waals surface area contributed by atoms with E-state index in [-0.39, 0.29) is 5.57 Å². The van der Waals surface area contributed by atoms with Gasteiger partial charge in [0.1, 0.15) is 17.4 Å². The van der Waals surface area contributed by atoms with Crippen LogP contribution in [0.4, 0.5) is 0 Å². The third kappa shape index (κ3) is 7.56. The Labute approximate surface area is 207 Å². The van der Waals surface area contributed by atoms with Crippen molar-refractivity contribution in [1.29, 1.82) is 5.26 Å². The zero-order valence-corrected chi connectivity index (χ0v) is 20.5. The normalized spacial score (nSPS) is 11.3. The number of hydrogen-bond donors (Lipinski definition) is 1. The Morgan fingerprint density at radius 3 is 2.54 bits per heavy atom. The summed E-state index contributed by atoms with van der Waals surface area (Å²) in [5.41, 5.74) is 3.10. The van der Waals surface area contributed by atoms with Crippen LogP contribution in [0, 0.1) is 17.2 Å². The van der Waals surface area contributed by atoms with Gasteiger partial charge < -0.3 is 14.8 Å². The van der Waals surface area contributed by atoms with Crippen LogP contribution >= 0.6 is 0 Å². The second-order valence-electron chi connectivity index (χ2n) is 8.54. The van der Waals surface area contributed by atoms with E-state index in [0.29, 0.717) is 43.4 Å². The highest BCUT2D eigenvalue weighted by Gasteiger charge is 2.15. The lowest BCUT2D eigenvalue weighted by Gasteiger charge is -2.08. The molecular formula is C28H32N4O3. The van der Waals surface area contributed by atoms with Gasteiger partial charge in [-0.15, -0.1) is 0 Å². The number of rotatable bonds is 12. The van der Waals surface area contributed by atoms with Gasteiger partial charge in [0.05, 0.1) is 18.0 Å². The molecule has 0 saturated carbocycles. The number of amides is 1. The summed E-state index contributed by atoms with van der Waals surface area (Å²) < 4.78 is 12.6. The van der Waals surface area contributed by atoms with Gasteiger partial charge in [0, 0.05) is 37.6 Å². The summed E-state index contributed by atoms with van der Waals surface area (Å²) in [7, 11) is 1.61. The summed E-state index contributed by atoms with van der Waals surface area (Å²) in [5, 5.41) is 17.2. The first-order chi connectivity index (χ1) is 17.0. The number of nitrogens with zero attached hydrogens (tertiary/aromatic N) is 3. The third-order valence-corrected chi connectivity index (χ3v) is 5.33. The number of aromatic nitrogens is 2. The molecule has 0 fully saturated rings. The van der Waals surface area contributed by atoms with Crippen LogP contribution in [0.5, 0.6) is 5.75 Å². The molecule has 0 aliphatic heterocycles. The Bertz CT molecular complexity index is 1160. The molecule has 0 unspecified atom stereocenters. The van der Waals surface area contributed by atoms with Crippen molar-refractivity contribution in [2.24, 2.45) is 5.92 Å². The van der Waals surface area contributed by atoms with Crippen molar-refractivity contribution in [2.75, 3.05) is 26.9 Å². The molecule has 1 aromatic heterocycles. The van der Waals surface area contributed by atoms with E-state index in [1.165, 1.54) is 0 Å². The minimum absolute atomic E-state index is 0.0184. The largest absolute Gasteiger partial charge is 0.494 e. The van der Waals surface area contributed by atoms with Crippen molar-refractivity contribution in [2.45, 2.75) is 26.7 Å². The van der Waals surface area contributed by atoms with E-state index in [0.717, 1.165) is 23.4 Å². The van der Waals surface area contributed by atoms with Crippen molar-refractivity contribution in [3.63, 3.8) is 0 Å². The zero-order valence-electron chi connectivity index (χ0n) is 20.5. The maximum atomic E-state index is 12.6. The van der Waals surface area contributed by atoms with Gasteiger partial charge in [0.25, 0.3) is 5.91 Å². The maximum absolute atomic E-state index is 12.6. The molecule has 0 saturated heterocycles. The summed E-state index contributed by atoms with van der Waals surface area (Å²) >= 11 is 0. The molecule has 0 aliphatic carbocycles. The predicted octanol–water partition coefficient (Wildman–Crippen LogP) is 5.02. The van der Waals surface area contributed by atoms with E-state index in [1.807, 2.05) is 66.9 Å². The van der Waals surface area contributed by atoms with E-state index >= 15 is 0 Å². The van der Waals surface area contributed by atoms with E-state index in [2.05, 4.69) is 19.2 Å². The number of nitriles is 1. The lowest BCUT2D eigenvalue weighted by Crippen LogP contribution is -2.26. The number of hydrogen-bond acceptors (Lipinski definition) is 5. The quantitative estimate of drug-likeness (QED) is 0.227. The number of ether oxygens (including phenoxy) is 2. The van der Waals surface area contributed by atoms with Gasteiger partial charge in [-0.1, -0.05) is 32.0 Å². The summed E-state index contributed by atoms with van der Waals surface area (Å²) in [5.74, 6) is 0.954. The fraction of sp³-hybridized carbons (Fsp3) is 0.321. The standard InChI is InChI=1S/C28H32N4O3/c1-21(2)14-17-35-26-12-10-22(11-13-26)27-24(20-32(31-27)25-8-5-4-6-9-25)18-23(19-29)28(33)30-15-7-16-34-3/h4-6,8-13,18,20-21H,7,14-17H2,1-3H3,(H,30,33). The number of benzene rings is 2. The maximum Gasteiger partial charge on any atom is 0.261 e. The van der Waals surface area contributed by atoms with E-state index < -0.39 is 5.91 Å². The van der Waals surface area contributed by atoms with Crippen LogP contribution < -0.4 is 10.1 Å². The number of para-hydroxylation sites is 1. The Kier molecular flexibility index (Phi) is 9.64. The Morgan fingerprint density at radius 1 is 1.14 bits per heavy atom. The van der Waals surface area contributed by atoms with Gasteiger partial charge in [0.15, 0.2) is 0 Å². The topological polar surface area (TPSA) is 89.2 Å². The Balaban J connectivity index is 1.90. The van der Waals surface area contributed by atoms with Crippen LogP contribution in [0.3, 0.4) is 0 Å². The zero-order chi connectivity index (χ0) is 25.0. The van der Waals surface area contributed by atoms with Gasteiger partial charge in [-0.2, -0.15) is 10.4 Å². The minimum atomic E-state index is -0.420. The van der Waals surface area contributed by atoms with Gasteiger partial charge in [-0.25, -0.2) is 4.68 Å². The van der Waals surface area contributed by atoms with Crippen LogP contribution in [0.2, 0.25) is 0 Å². The molecule has 0 radical (unpaired) electrons. The fourth-order valence-electron chi connectivity index (χ4n) is 3.37. The number of carbonyl (C=O) groups is 1. The van der Waals surface area contributed by atoms with Crippen LogP contribution in [0.1, 0.15) is 32.3 Å². The molecule has 7 heteroatoms. The highest BCUT2D eigenvalue weighted by atomic mass is 16.5. The summed E-state index contributed by atoms with van der Waals surface area (Å²) in [6, 6.07) is 19.4. The van der Waals surface area contributed by atoms with Crippen molar-refractivity contribution in [1.82, 2.24) is 15.1 Å². The smallest absolute Gasteiger partial charge is 0.261 e. The van der Waals surface area contributed by atoms with E-state index in [9.17, 15) is 10.1 Å². The highest BCUT2D eigenvalue weighted by molar-refractivity contribution is 6.02. The molecule has 2 aromatic carbocycles. The van der Waals surface area contributed by atoms with Crippen molar-refractivity contribution >= 4 is 12.0 Å². The second-order valence-corrected chi connectivity index (χ2v) is 8.54. The average molecular weight is 473 g/mol. The van der Waals surface area contributed by atoms with Crippen LogP contribution in [-0.4, -0.2) is 42.6 Å². The first kappa shape index (κ1) is 25.7. The molecule has 0 aliphatic rings. The van der Waals surface area contributed by atoms with Gasteiger partial charge in [-0.05, 0) is 61.2 Å². The SMILES string of the molecule is COCCCNC(=O)C(C#N)=Cc1cn(-c2ccccc2)nc1-c1ccc(OCCC(C)C)cc1. The highest BCUT2D eigenvalue weighted by Crippen LogP contribution is 2.27. The third-order valence-electron chi connectivity index (χ3n) is 5.33. The van der Waals surface area contributed by atoms with E-state index in [4.69, 9.17) is 14.6 Å². The monoisotopic (exact) mass is 472 g/mol. The van der Waals surface area contributed by atoms with Crippen LogP contribution in [0.25, 0.3) is 23.0 Å². The number of nitrogens with one attached hydrogen (secondary N) is 1. The Morgan fingerprint density at radius 2 is 1.89 bits per heavy atom. The molecule has 3 rings (SSSR count). The lowest BCUT2D eigenvalue weighted by atomic mass is 10.1. The lowest BCUT2D eigenvalue weighted by molar-refractivity contribution is -0.117. The average Bonchev–Trinajstić information content (AvgIpc) is 3.29. The first-order valence-corrected chi connectivity index (χ1v) is 11.8. The van der Waals surface area contributed by atoms with Crippen molar-refractivity contribution in [3.05, 3.63) is 71.9 Å². The molecule has 7 nitrogen and oxygen atoms in total. The minimum Gasteiger partial charge on any atom is -0.494 e. The van der Waals surface area contributed by atoms with Gasteiger partial charge in [-0.3, -0.25) is 4.79 Å². The van der Waals surface area contributed by atoms with E-state index in [1.54, 1.807) is 17.9 Å². The predicted molar refractivity (Wildman–Crippen MR) is 137 cm³/mol. The molecule has 3 aromatic rings. The molecule has 182 valence electrons. The summed E-state index contributed by atoms with van der Waals surface area (Å²) in [4.78, 5) is 12.6. The van der Waals surface area contributed by atoms with Gasteiger partial charge in [0.2, 0.25) is 0 Å². The molecular weight excluding hydrogens is 440 g/mol. The number of carbonyl (C=O) groups excluding carboxylic acids is 1. The molecule has 1 N–H and O–H groups in total. The summed E-state index contributed by atoms with van der Waals surface area (Å²) in [6.07, 6.45) is 5.07. The molecule has 1 amide bonds. The van der Waals surface area contributed by atoms with Crippen LogP contribution in [-0.2, 0) is 9.53 Å².